The molecule has 1 aliphatic rings. The Morgan fingerprint density at radius 2 is 1.70 bits per heavy atom. The second-order valence-electron chi connectivity index (χ2n) is 5.91. The van der Waals surface area contributed by atoms with Gasteiger partial charge in [0.1, 0.15) is 5.75 Å². The second kappa shape index (κ2) is 7.94. The lowest BCUT2D eigenvalue weighted by molar-refractivity contribution is 0.0370. The van der Waals surface area contributed by atoms with E-state index in [4.69, 9.17) is 9.47 Å². The van der Waals surface area contributed by atoms with Gasteiger partial charge in [0.15, 0.2) is 0 Å². The molecule has 2 rings (SSSR count). The minimum absolute atomic E-state index is 0.298. The summed E-state index contributed by atoms with van der Waals surface area (Å²) in [5.41, 5.74) is 1.50. The highest BCUT2D eigenvalue weighted by molar-refractivity contribution is 7.80. The first-order valence-corrected chi connectivity index (χ1v) is 8.23. The maximum atomic E-state index is 5.99. The van der Waals surface area contributed by atoms with E-state index in [9.17, 15) is 0 Å². The van der Waals surface area contributed by atoms with Crippen LogP contribution < -0.4 is 4.74 Å². The number of thiol groups is 1. The van der Waals surface area contributed by atoms with Crippen molar-refractivity contribution >= 4 is 12.6 Å². The molecule has 1 aromatic rings. The van der Waals surface area contributed by atoms with Crippen molar-refractivity contribution in [2.75, 3.05) is 19.5 Å². The van der Waals surface area contributed by atoms with Gasteiger partial charge in [-0.25, -0.2) is 0 Å². The Bertz CT molecular complexity index is 380. The molecule has 0 heterocycles. The van der Waals surface area contributed by atoms with Crippen molar-refractivity contribution in [2.24, 2.45) is 5.41 Å². The van der Waals surface area contributed by atoms with E-state index in [0.717, 1.165) is 18.1 Å². The van der Waals surface area contributed by atoms with E-state index in [0.29, 0.717) is 12.0 Å². The molecular weight excluding hydrogens is 268 g/mol. The summed E-state index contributed by atoms with van der Waals surface area (Å²) in [5, 5.41) is 0. The third kappa shape index (κ3) is 4.42. The quantitative estimate of drug-likeness (QED) is 0.616. The highest BCUT2D eigenvalue weighted by Crippen LogP contribution is 2.36. The molecule has 2 nitrogen and oxygen atoms in total. The van der Waals surface area contributed by atoms with Gasteiger partial charge in [-0.3, -0.25) is 0 Å². The smallest absolute Gasteiger partial charge is 0.118 e. The molecule has 1 saturated carbocycles. The normalized spacial score (nSPS) is 18.5. The lowest BCUT2D eigenvalue weighted by Crippen LogP contribution is -2.28. The Kier molecular flexibility index (Phi) is 6.24. The van der Waals surface area contributed by atoms with Crippen molar-refractivity contribution < 1.29 is 9.47 Å². The number of hydrogen-bond acceptors (Lipinski definition) is 3. The lowest BCUT2D eigenvalue weighted by Gasteiger charge is -2.30. The predicted molar refractivity (Wildman–Crippen MR) is 86.6 cm³/mol. The van der Waals surface area contributed by atoms with Crippen LogP contribution in [0.4, 0.5) is 0 Å². The minimum atomic E-state index is 0.298. The molecule has 0 atom stereocenters. The summed E-state index contributed by atoms with van der Waals surface area (Å²) < 4.78 is 11.2. The number of ether oxygens (including phenoxy) is 2. The standard InChI is InChI=1S/C17H26O2S/c1-18-16-8-6-15(7-9-16)12-19-13-17(14-20)10-4-2-3-5-11-17/h6-9,20H,2-5,10-14H2,1H3. The number of methoxy groups -OCH3 is 1. The SMILES string of the molecule is COc1ccc(COCC2(CS)CCCCCC2)cc1. The van der Waals surface area contributed by atoms with E-state index in [2.05, 4.69) is 24.8 Å². The van der Waals surface area contributed by atoms with Crippen molar-refractivity contribution in [3.05, 3.63) is 29.8 Å². The summed E-state index contributed by atoms with van der Waals surface area (Å²) in [5.74, 6) is 1.83. The summed E-state index contributed by atoms with van der Waals surface area (Å²) in [7, 11) is 1.69. The van der Waals surface area contributed by atoms with Crippen LogP contribution in [0.5, 0.6) is 5.75 Å². The number of benzene rings is 1. The zero-order chi connectivity index (χ0) is 14.3. The van der Waals surface area contributed by atoms with Gasteiger partial charge < -0.3 is 9.47 Å². The van der Waals surface area contributed by atoms with E-state index < -0.39 is 0 Å². The summed E-state index contributed by atoms with van der Waals surface area (Å²) in [6, 6.07) is 8.11. The molecule has 1 aromatic carbocycles. The van der Waals surface area contributed by atoms with Crippen LogP contribution >= 0.6 is 12.6 Å². The topological polar surface area (TPSA) is 18.5 Å². The number of rotatable bonds is 6. The van der Waals surface area contributed by atoms with Gasteiger partial charge in [-0.1, -0.05) is 37.8 Å². The zero-order valence-electron chi connectivity index (χ0n) is 12.4. The zero-order valence-corrected chi connectivity index (χ0v) is 13.3. The first-order valence-electron chi connectivity index (χ1n) is 7.60. The van der Waals surface area contributed by atoms with Crippen LogP contribution in [0, 0.1) is 5.41 Å². The first kappa shape index (κ1) is 15.7. The Morgan fingerprint density at radius 3 is 2.25 bits per heavy atom. The van der Waals surface area contributed by atoms with E-state index in [1.165, 1.54) is 44.1 Å². The van der Waals surface area contributed by atoms with Crippen LogP contribution in [-0.2, 0) is 11.3 Å². The Balaban J connectivity index is 1.83. The molecule has 0 unspecified atom stereocenters. The van der Waals surface area contributed by atoms with Crippen LogP contribution in [0.1, 0.15) is 44.1 Å². The number of hydrogen-bond donors (Lipinski definition) is 1. The molecule has 0 aliphatic heterocycles. The fourth-order valence-corrected chi connectivity index (χ4v) is 3.34. The molecule has 0 aromatic heterocycles. The summed E-state index contributed by atoms with van der Waals surface area (Å²) in [6.45, 7) is 1.52. The lowest BCUT2D eigenvalue weighted by atomic mass is 9.83. The van der Waals surface area contributed by atoms with Gasteiger partial charge in [-0.05, 0) is 36.3 Å². The van der Waals surface area contributed by atoms with E-state index in [1.54, 1.807) is 7.11 Å². The summed E-state index contributed by atoms with van der Waals surface area (Å²) in [4.78, 5) is 0. The summed E-state index contributed by atoms with van der Waals surface area (Å²) >= 11 is 4.59. The highest BCUT2D eigenvalue weighted by Gasteiger charge is 2.29. The maximum absolute atomic E-state index is 5.99. The van der Waals surface area contributed by atoms with Gasteiger partial charge in [0.25, 0.3) is 0 Å². The molecule has 0 N–H and O–H groups in total. The van der Waals surface area contributed by atoms with Crippen LogP contribution in [0.3, 0.4) is 0 Å². The van der Waals surface area contributed by atoms with Gasteiger partial charge >= 0.3 is 0 Å². The Labute approximate surface area is 128 Å². The Morgan fingerprint density at radius 1 is 1.05 bits per heavy atom. The van der Waals surface area contributed by atoms with Crippen LogP contribution in [0.2, 0.25) is 0 Å². The molecule has 0 spiro atoms. The predicted octanol–water partition coefficient (Wildman–Crippen LogP) is 4.48. The van der Waals surface area contributed by atoms with E-state index in [1.807, 2.05) is 12.1 Å². The van der Waals surface area contributed by atoms with Crippen molar-refractivity contribution in [3.63, 3.8) is 0 Å². The van der Waals surface area contributed by atoms with Crippen LogP contribution in [-0.4, -0.2) is 19.5 Å². The van der Waals surface area contributed by atoms with Crippen molar-refractivity contribution in [2.45, 2.75) is 45.1 Å². The van der Waals surface area contributed by atoms with Gasteiger partial charge in [0.2, 0.25) is 0 Å². The van der Waals surface area contributed by atoms with Crippen molar-refractivity contribution in [3.8, 4) is 5.75 Å². The monoisotopic (exact) mass is 294 g/mol. The molecule has 1 aliphatic carbocycles. The molecule has 0 saturated heterocycles. The van der Waals surface area contributed by atoms with E-state index in [-0.39, 0.29) is 0 Å². The summed E-state index contributed by atoms with van der Waals surface area (Å²) in [6.07, 6.45) is 7.92. The van der Waals surface area contributed by atoms with Crippen LogP contribution in [0.15, 0.2) is 24.3 Å². The van der Waals surface area contributed by atoms with Gasteiger partial charge in [0, 0.05) is 5.41 Å². The second-order valence-corrected chi connectivity index (χ2v) is 6.23. The van der Waals surface area contributed by atoms with Gasteiger partial charge in [0.05, 0.1) is 20.3 Å². The maximum Gasteiger partial charge on any atom is 0.118 e. The van der Waals surface area contributed by atoms with Crippen LogP contribution in [0.25, 0.3) is 0 Å². The fourth-order valence-electron chi connectivity index (χ4n) is 2.93. The molecule has 0 amide bonds. The largest absolute Gasteiger partial charge is 0.497 e. The minimum Gasteiger partial charge on any atom is -0.497 e. The molecular formula is C17H26O2S. The van der Waals surface area contributed by atoms with Crippen molar-refractivity contribution in [1.82, 2.24) is 0 Å². The Hall–Kier alpha value is -0.670. The molecule has 20 heavy (non-hydrogen) atoms. The average molecular weight is 294 g/mol. The third-order valence-corrected chi connectivity index (χ3v) is 5.01. The van der Waals surface area contributed by atoms with E-state index >= 15 is 0 Å². The molecule has 0 radical (unpaired) electrons. The first-order chi connectivity index (χ1) is 9.78. The van der Waals surface area contributed by atoms with Crippen molar-refractivity contribution in [1.29, 1.82) is 0 Å². The van der Waals surface area contributed by atoms with Gasteiger partial charge in [-0.2, -0.15) is 12.6 Å². The average Bonchev–Trinajstić information content (AvgIpc) is 2.74. The molecule has 112 valence electrons. The van der Waals surface area contributed by atoms with Gasteiger partial charge in [-0.15, -0.1) is 0 Å². The third-order valence-electron chi connectivity index (χ3n) is 4.34. The fraction of sp³-hybridized carbons (Fsp3) is 0.647. The molecule has 1 fully saturated rings. The highest BCUT2D eigenvalue weighted by atomic mass is 32.1. The molecule has 3 heteroatoms. The molecule has 0 bridgehead atoms.